The van der Waals surface area contributed by atoms with Crippen LogP contribution in [-0.4, -0.2) is 36.4 Å². The Labute approximate surface area is 214 Å². The smallest absolute Gasteiger partial charge is 0.262 e. The van der Waals surface area contributed by atoms with Crippen LogP contribution in [0.3, 0.4) is 0 Å². The summed E-state index contributed by atoms with van der Waals surface area (Å²) >= 11 is 6.40. The summed E-state index contributed by atoms with van der Waals surface area (Å²) in [5.74, 6) is -2.08. The van der Waals surface area contributed by atoms with E-state index in [2.05, 4.69) is 5.32 Å². The number of nitrogens with two attached hydrogens (primary N) is 1. The number of para-hydroxylation sites is 1. The van der Waals surface area contributed by atoms with E-state index in [0.29, 0.717) is 28.1 Å². The average Bonchev–Trinajstić information content (AvgIpc) is 2.84. The second kappa shape index (κ2) is 12.0. The van der Waals surface area contributed by atoms with Crippen molar-refractivity contribution in [3.05, 3.63) is 94.5 Å². The number of halogens is 3. The minimum Gasteiger partial charge on any atom is -0.484 e. The fourth-order valence-electron chi connectivity index (χ4n) is 3.48. The molecule has 3 aromatic rings. The maximum absolute atomic E-state index is 13.8. The molecule has 9 heteroatoms. The molecule has 0 bridgehead atoms. The Morgan fingerprint density at radius 2 is 1.69 bits per heavy atom. The van der Waals surface area contributed by atoms with Crippen molar-refractivity contribution in [3.63, 3.8) is 0 Å². The van der Waals surface area contributed by atoms with Crippen molar-refractivity contribution < 1.29 is 23.1 Å². The van der Waals surface area contributed by atoms with Crippen molar-refractivity contribution in [1.29, 1.82) is 0 Å². The number of anilines is 1. The summed E-state index contributed by atoms with van der Waals surface area (Å²) in [6.07, 6.45) is 0. The zero-order valence-corrected chi connectivity index (χ0v) is 20.8. The molecule has 0 saturated heterocycles. The van der Waals surface area contributed by atoms with Gasteiger partial charge in [0.05, 0.1) is 0 Å². The van der Waals surface area contributed by atoms with Crippen LogP contribution >= 0.6 is 11.6 Å². The Morgan fingerprint density at radius 3 is 2.33 bits per heavy atom. The van der Waals surface area contributed by atoms with E-state index in [9.17, 15) is 18.4 Å². The van der Waals surface area contributed by atoms with Crippen LogP contribution < -0.4 is 15.8 Å². The SMILES string of the molecule is CC(C)(CN)CN(Cc1cc(NC(=O)COc2ccccc2)ccc1Cl)C(=O)c1cc(F)cc(F)c1. The third kappa shape index (κ3) is 7.76. The molecule has 0 spiro atoms. The Kier molecular flexibility index (Phi) is 9.01. The Morgan fingerprint density at radius 1 is 1.03 bits per heavy atom. The molecular formula is C27H28ClF2N3O3. The van der Waals surface area contributed by atoms with Crippen molar-refractivity contribution in [3.8, 4) is 5.75 Å². The fraction of sp³-hybridized carbons (Fsp3) is 0.259. The van der Waals surface area contributed by atoms with E-state index in [4.69, 9.17) is 22.1 Å². The molecule has 3 N–H and O–H groups in total. The van der Waals surface area contributed by atoms with Gasteiger partial charge in [0.25, 0.3) is 11.8 Å². The molecule has 6 nitrogen and oxygen atoms in total. The van der Waals surface area contributed by atoms with Crippen LogP contribution in [0.25, 0.3) is 0 Å². The number of rotatable bonds is 10. The molecule has 190 valence electrons. The third-order valence-corrected chi connectivity index (χ3v) is 5.74. The van der Waals surface area contributed by atoms with Gasteiger partial charge < -0.3 is 20.7 Å². The van der Waals surface area contributed by atoms with Crippen molar-refractivity contribution in [2.45, 2.75) is 20.4 Å². The van der Waals surface area contributed by atoms with E-state index in [0.717, 1.165) is 12.1 Å². The van der Waals surface area contributed by atoms with Crippen molar-refractivity contribution in [2.24, 2.45) is 11.1 Å². The normalized spacial score (nSPS) is 11.2. The molecule has 0 aliphatic carbocycles. The van der Waals surface area contributed by atoms with Crippen LogP contribution in [0.5, 0.6) is 5.75 Å². The molecule has 36 heavy (non-hydrogen) atoms. The van der Waals surface area contributed by atoms with Gasteiger partial charge in [0.1, 0.15) is 17.4 Å². The molecule has 0 aliphatic heterocycles. The number of amides is 2. The lowest BCUT2D eigenvalue weighted by Gasteiger charge is -2.32. The first-order valence-electron chi connectivity index (χ1n) is 11.3. The first-order chi connectivity index (χ1) is 17.1. The molecule has 0 heterocycles. The molecular weight excluding hydrogens is 488 g/mol. The molecule has 0 aliphatic rings. The molecule has 2 amide bonds. The summed E-state index contributed by atoms with van der Waals surface area (Å²) in [7, 11) is 0. The van der Waals surface area contributed by atoms with Crippen LogP contribution in [0.1, 0.15) is 29.8 Å². The van der Waals surface area contributed by atoms with Gasteiger partial charge in [-0.15, -0.1) is 0 Å². The molecule has 0 unspecified atom stereocenters. The Balaban J connectivity index is 1.79. The van der Waals surface area contributed by atoms with E-state index in [1.165, 1.54) is 4.90 Å². The molecule has 0 fully saturated rings. The highest BCUT2D eigenvalue weighted by molar-refractivity contribution is 6.31. The molecule has 0 saturated carbocycles. The van der Waals surface area contributed by atoms with E-state index < -0.39 is 23.0 Å². The van der Waals surface area contributed by atoms with Crippen LogP contribution in [0.4, 0.5) is 14.5 Å². The number of carbonyl (C=O) groups excluding carboxylic acids is 2. The highest BCUT2D eigenvalue weighted by atomic mass is 35.5. The molecule has 0 radical (unpaired) electrons. The number of nitrogens with zero attached hydrogens (tertiary/aromatic N) is 1. The fourth-order valence-corrected chi connectivity index (χ4v) is 3.66. The Hall–Kier alpha value is -3.49. The summed E-state index contributed by atoms with van der Waals surface area (Å²) in [4.78, 5) is 27.1. The summed E-state index contributed by atoms with van der Waals surface area (Å²) in [5, 5.41) is 3.11. The number of hydrogen-bond acceptors (Lipinski definition) is 4. The second-order valence-electron chi connectivity index (χ2n) is 9.14. The summed E-state index contributed by atoms with van der Waals surface area (Å²) in [6, 6.07) is 16.5. The molecule has 0 aromatic heterocycles. The number of benzene rings is 3. The standard InChI is InChI=1S/C27H28ClF2N3O3/c1-27(2,16-31)17-33(26(35)18-10-20(29)13-21(30)11-18)14-19-12-22(8-9-24(19)28)32-25(34)15-36-23-6-4-3-5-7-23/h3-13H,14-17,31H2,1-2H3,(H,32,34). The maximum Gasteiger partial charge on any atom is 0.262 e. The van der Waals surface area contributed by atoms with Gasteiger partial charge in [-0.25, -0.2) is 8.78 Å². The van der Waals surface area contributed by atoms with Crippen molar-refractivity contribution >= 4 is 29.1 Å². The lowest BCUT2D eigenvalue weighted by atomic mass is 9.92. The summed E-state index contributed by atoms with van der Waals surface area (Å²) in [6.45, 7) is 4.08. The first kappa shape index (κ1) is 27.1. The van der Waals surface area contributed by atoms with Crippen LogP contribution in [0, 0.1) is 17.0 Å². The number of nitrogens with one attached hydrogen (secondary N) is 1. The average molecular weight is 516 g/mol. The summed E-state index contributed by atoms with van der Waals surface area (Å²) in [5.41, 5.74) is 6.26. The zero-order valence-electron chi connectivity index (χ0n) is 20.1. The van der Waals surface area contributed by atoms with Gasteiger partial charge in [-0.05, 0) is 60.0 Å². The highest BCUT2D eigenvalue weighted by Gasteiger charge is 2.26. The van der Waals surface area contributed by atoms with Gasteiger partial charge in [-0.2, -0.15) is 0 Å². The molecule has 3 rings (SSSR count). The van der Waals surface area contributed by atoms with Gasteiger partial charge in [0, 0.05) is 35.4 Å². The second-order valence-corrected chi connectivity index (χ2v) is 9.55. The topological polar surface area (TPSA) is 84.7 Å². The van der Waals surface area contributed by atoms with Crippen LogP contribution in [0.2, 0.25) is 5.02 Å². The van der Waals surface area contributed by atoms with E-state index in [-0.39, 0.29) is 37.7 Å². The monoisotopic (exact) mass is 515 g/mol. The Bertz CT molecular complexity index is 1200. The highest BCUT2D eigenvalue weighted by Crippen LogP contribution is 2.26. The van der Waals surface area contributed by atoms with Gasteiger partial charge in [0.2, 0.25) is 0 Å². The third-order valence-electron chi connectivity index (χ3n) is 5.37. The van der Waals surface area contributed by atoms with Gasteiger partial charge in [-0.1, -0.05) is 43.6 Å². The van der Waals surface area contributed by atoms with E-state index in [1.54, 1.807) is 42.5 Å². The lowest BCUT2D eigenvalue weighted by Crippen LogP contribution is -2.41. The predicted octanol–water partition coefficient (Wildman–Crippen LogP) is 5.26. The lowest BCUT2D eigenvalue weighted by molar-refractivity contribution is -0.118. The molecule has 0 atom stereocenters. The van der Waals surface area contributed by atoms with E-state index in [1.807, 2.05) is 19.9 Å². The number of ether oxygens (including phenoxy) is 1. The number of hydrogen-bond donors (Lipinski definition) is 2. The largest absolute Gasteiger partial charge is 0.484 e. The van der Waals surface area contributed by atoms with Crippen molar-refractivity contribution in [2.75, 3.05) is 25.0 Å². The van der Waals surface area contributed by atoms with Crippen LogP contribution in [0.15, 0.2) is 66.7 Å². The predicted molar refractivity (Wildman–Crippen MR) is 136 cm³/mol. The summed E-state index contributed by atoms with van der Waals surface area (Å²) < 4.78 is 33.0. The van der Waals surface area contributed by atoms with Crippen molar-refractivity contribution in [1.82, 2.24) is 4.90 Å². The minimum atomic E-state index is -0.850. The van der Waals surface area contributed by atoms with E-state index >= 15 is 0 Å². The van der Waals surface area contributed by atoms with Gasteiger partial charge >= 0.3 is 0 Å². The molecule has 3 aromatic carbocycles. The quantitative estimate of drug-likeness (QED) is 0.385. The minimum absolute atomic E-state index is 0.0312. The zero-order chi connectivity index (χ0) is 26.3. The van der Waals surface area contributed by atoms with Gasteiger partial charge in [-0.3, -0.25) is 9.59 Å². The maximum atomic E-state index is 13.8. The van der Waals surface area contributed by atoms with Gasteiger partial charge in [0.15, 0.2) is 6.61 Å². The first-order valence-corrected chi connectivity index (χ1v) is 11.7. The number of carbonyl (C=O) groups is 2. The van der Waals surface area contributed by atoms with Crippen LogP contribution in [-0.2, 0) is 11.3 Å².